The molecule has 20 heavy (non-hydrogen) atoms. The molecule has 2 aromatic rings. The predicted molar refractivity (Wildman–Crippen MR) is 81.5 cm³/mol. The minimum Gasteiger partial charge on any atom is -0.497 e. The first-order chi connectivity index (χ1) is 9.38. The van der Waals surface area contributed by atoms with E-state index in [1.165, 1.54) is 0 Å². The van der Waals surface area contributed by atoms with Crippen molar-refractivity contribution >= 4 is 15.9 Å². The number of ether oxygens (including phenoxy) is 2. The Bertz CT molecular complexity index is 592. The van der Waals surface area contributed by atoms with E-state index in [0.29, 0.717) is 16.2 Å². The number of halogens is 1. The van der Waals surface area contributed by atoms with Gasteiger partial charge >= 0.3 is 0 Å². The molecule has 0 saturated heterocycles. The van der Waals surface area contributed by atoms with Crippen LogP contribution in [-0.2, 0) is 5.41 Å². The minimum atomic E-state index is -0.137. The smallest absolute Gasteiger partial charge is 0.223 e. The number of hydrogen-bond acceptors (Lipinski definition) is 4. The number of benzene rings is 1. The summed E-state index contributed by atoms with van der Waals surface area (Å²) in [4.78, 5) is 8.83. The molecule has 0 aliphatic carbocycles. The van der Waals surface area contributed by atoms with E-state index in [4.69, 9.17) is 9.47 Å². The van der Waals surface area contributed by atoms with Crippen LogP contribution in [0, 0.1) is 0 Å². The highest BCUT2D eigenvalue weighted by Crippen LogP contribution is 2.27. The molecule has 4 nitrogen and oxygen atoms in total. The molecule has 1 heterocycles. The Labute approximate surface area is 127 Å². The Hall–Kier alpha value is -1.62. The van der Waals surface area contributed by atoms with Gasteiger partial charge in [-0.3, -0.25) is 0 Å². The molecule has 0 atom stereocenters. The average molecular weight is 337 g/mol. The van der Waals surface area contributed by atoms with Crippen molar-refractivity contribution in [3.63, 3.8) is 0 Å². The second-order valence-electron chi connectivity index (χ2n) is 5.38. The molecule has 0 amide bonds. The van der Waals surface area contributed by atoms with Crippen molar-refractivity contribution in [2.24, 2.45) is 0 Å². The summed E-state index contributed by atoms with van der Waals surface area (Å²) in [7, 11) is 1.63. The largest absolute Gasteiger partial charge is 0.497 e. The van der Waals surface area contributed by atoms with Gasteiger partial charge in [-0.25, -0.2) is 4.98 Å². The lowest BCUT2D eigenvalue weighted by Crippen LogP contribution is -2.16. The molecule has 0 N–H and O–H groups in total. The van der Waals surface area contributed by atoms with Crippen LogP contribution in [-0.4, -0.2) is 17.1 Å². The molecule has 2 rings (SSSR count). The standard InChI is InChI=1S/C15H17BrN2O2/c1-15(2,3)14-17-12(16)9-13(18-14)20-11-7-5-10(19-4)6-8-11/h5-9H,1-4H3. The second-order valence-corrected chi connectivity index (χ2v) is 6.19. The van der Waals surface area contributed by atoms with E-state index < -0.39 is 0 Å². The molecule has 0 spiro atoms. The molecule has 1 aromatic carbocycles. The van der Waals surface area contributed by atoms with Gasteiger partial charge in [-0.05, 0) is 40.2 Å². The molecule has 0 aliphatic heterocycles. The number of methoxy groups -OCH3 is 1. The lowest BCUT2D eigenvalue weighted by Gasteiger charge is -2.17. The summed E-state index contributed by atoms with van der Waals surface area (Å²) in [5.74, 6) is 2.74. The summed E-state index contributed by atoms with van der Waals surface area (Å²) in [5, 5.41) is 0. The number of rotatable bonds is 3. The van der Waals surface area contributed by atoms with Crippen LogP contribution in [0.2, 0.25) is 0 Å². The van der Waals surface area contributed by atoms with E-state index >= 15 is 0 Å². The van der Waals surface area contributed by atoms with E-state index in [2.05, 4.69) is 46.7 Å². The van der Waals surface area contributed by atoms with Crippen LogP contribution in [0.3, 0.4) is 0 Å². The molecular weight excluding hydrogens is 320 g/mol. The lowest BCUT2D eigenvalue weighted by molar-refractivity contribution is 0.411. The maximum atomic E-state index is 5.76. The Kier molecular flexibility index (Phi) is 4.28. The van der Waals surface area contributed by atoms with Crippen LogP contribution in [0.4, 0.5) is 0 Å². The average Bonchev–Trinajstić information content (AvgIpc) is 2.38. The monoisotopic (exact) mass is 336 g/mol. The van der Waals surface area contributed by atoms with Gasteiger partial charge in [0.05, 0.1) is 7.11 Å². The molecule has 0 unspecified atom stereocenters. The fourth-order valence-electron chi connectivity index (χ4n) is 1.55. The van der Waals surface area contributed by atoms with Crippen LogP contribution in [0.25, 0.3) is 0 Å². The zero-order chi connectivity index (χ0) is 14.8. The molecule has 0 saturated carbocycles. The van der Waals surface area contributed by atoms with Crippen molar-refractivity contribution in [2.45, 2.75) is 26.2 Å². The van der Waals surface area contributed by atoms with Crippen molar-refractivity contribution in [2.75, 3.05) is 7.11 Å². The third kappa shape index (κ3) is 3.70. The van der Waals surface area contributed by atoms with Gasteiger partial charge in [0.2, 0.25) is 5.88 Å². The highest BCUT2D eigenvalue weighted by molar-refractivity contribution is 9.10. The quantitative estimate of drug-likeness (QED) is 0.782. The highest BCUT2D eigenvalue weighted by atomic mass is 79.9. The van der Waals surface area contributed by atoms with Crippen LogP contribution >= 0.6 is 15.9 Å². The van der Waals surface area contributed by atoms with Gasteiger partial charge in [-0.15, -0.1) is 0 Å². The number of nitrogens with zero attached hydrogens (tertiary/aromatic N) is 2. The van der Waals surface area contributed by atoms with Crippen molar-refractivity contribution in [3.05, 3.63) is 40.8 Å². The van der Waals surface area contributed by atoms with Gasteiger partial charge in [0.15, 0.2) is 0 Å². The van der Waals surface area contributed by atoms with Gasteiger partial charge in [0.1, 0.15) is 21.9 Å². The molecule has 1 aromatic heterocycles. The Balaban J connectivity index is 2.26. The Morgan fingerprint density at radius 1 is 1.00 bits per heavy atom. The summed E-state index contributed by atoms with van der Waals surface area (Å²) in [6.07, 6.45) is 0. The summed E-state index contributed by atoms with van der Waals surface area (Å²) in [6.45, 7) is 6.18. The van der Waals surface area contributed by atoms with Gasteiger partial charge in [-0.2, -0.15) is 4.98 Å². The second kappa shape index (κ2) is 5.79. The first-order valence-corrected chi connectivity index (χ1v) is 7.05. The topological polar surface area (TPSA) is 44.2 Å². The van der Waals surface area contributed by atoms with Crippen molar-refractivity contribution in [3.8, 4) is 17.4 Å². The maximum absolute atomic E-state index is 5.76. The number of hydrogen-bond donors (Lipinski definition) is 0. The lowest BCUT2D eigenvalue weighted by atomic mass is 9.96. The Morgan fingerprint density at radius 3 is 2.15 bits per heavy atom. The van der Waals surface area contributed by atoms with Gasteiger partial charge in [-0.1, -0.05) is 20.8 Å². The van der Waals surface area contributed by atoms with Crippen molar-refractivity contribution in [1.82, 2.24) is 9.97 Å². The molecule has 0 bridgehead atoms. The fraction of sp³-hybridized carbons (Fsp3) is 0.333. The van der Waals surface area contributed by atoms with Crippen LogP contribution in [0.15, 0.2) is 34.9 Å². The molecule has 0 aliphatic rings. The zero-order valence-corrected chi connectivity index (χ0v) is 13.6. The fourth-order valence-corrected chi connectivity index (χ4v) is 1.91. The molecule has 5 heteroatoms. The first-order valence-electron chi connectivity index (χ1n) is 6.25. The van der Waals surface area contributed by atoms with Crippen LogP contribution in [0.5, 0.6) is 17.4 Å². The van der Waals surface area contributed by atoms with Crippen LogP contribution < -0.4 is 9.47 Å². The zero-order valence-electron chi connectivity index (χ0n) is 12.0. The summed E-state index contributed by atoms with van der Waals surface area (Å²) in [6, 6.07) is 9.11. The molecule has 0 radical (unpaired) electrons. The highest BCUT2D eigenvalue weighted by Gasteiger charge is 2.19. The van der Waals surface area contributed by atoms with E-state index in [-0.39, 0.29) is 5.41 Å². The maximum Gasteiger partial charge on any atom is 0.223 e. The van der Waals surface area contributed by atoms with E-state index in [9.17, 15) is 0 Å². The van der Waals surface area contributed by atoms with Crippen molar-refractivity contribution < 1.29 is 9.47 Å². The summed E-state index contributed by atoms with van der Waals surface area (Å²) in [5.41, 5.74) is -0.137. The normalized spacial score (nSPS) is 11.2. The van der Waals surface area contributed by atoms with Gasteiger partial charge < -0.3 is 9.47 Å². The SMILES string of the molecule is COc1ccc(Oc2cc(Br)nc(C(C)(C)C)n2)cc1. The van der Waals surface area contributed by atoms with E-state index in [1.807, 2.05) is 24.3 Å². The summed E-state index contributed by atoms with van der Waals surface area (Å²) >= 11 is 3.39. The van der Waals surface area contributed by atoms with Gasteiger partial charge in [0, 0.05) is 11.5 Å². The first kappa shape index (κ1) is 14.8. The van der Waals surface area contributed by atoms with Gasteiger partial charge in [0.25, 0.3) is 0 Å². The van der Waals surface area contributed by atoms with E-state index in [0.717, 1.165) is 11.6 Å². The van der Waals surface area contributed by atoms with E-state index in [1.54, 1.807) is 13.2 Å². The van der Waals surface area contributed by atoms with Crippen LogP contribution in [0.1, 0.15) is 26.6 Å². The number of aromatic nitrogens is 2. The molecular formula is C15H17BrN2O2. The summed E-state index contributed by atoms with van der Waals surface area (Å²) < 4.78 is 11.6. The third-order valence-corrected chi connectivity index (χ3v) is 3.03. The molecule has 0 fully saturated rings. The Morgan fingerprint density at radius 2 is 1.60 bits per heavy atom. The predicted octanol–water partition coefficient (Wildman–Crippen LogP) is 4.34. The third-order valence-electron chi connectivity index (χ3n) is 2.62. The minimum absolute atomic E-state index is 0.137. The van der Waals surface area contributed by atoms with Crippen molar-refractivity contribution in [1.29, 1.82) is 0 Å². The molecule has 106 valence electrons.